The van der Waals surface area contributed by atoms with Crippen LogP contribution in [0.15, 0.2) is 36.2 Å². The van der Waals surface area contributed by atoms with Gasteiger partial charge in [0.25, 0.3) is 0 Å². The van der Waals surface area contributed by atoms with Crippen LogP contribution in [-0.2, 0) is 0 Å². The summed E-state index contributed by atoms with van der Waals surface area (Å²) in [4.78, 5) is 15.3. The molecule has 4 heteroatoms. The van der Waals surface area contributed by atoms with Crippen molar-refractivity contribution in [3.05, 3.63) is 47.5 Å². The third kappa shape index (κ3) is 1.84. The van der Waals surface area contributed by atoms with Crippen molar-refractivity contribution in [2.75, 3.05) is 0 Å². The molecule has 0 aliphatic heterocycles. The molecule has 1 N–H and O–H groups in total. The van der Waals surface area contributed by atoms with Crippen LogP contribution in [0.3, 0.4) is 0 Å². The molecule has 0 saturated heterocycles. The zero-order valence-corrected chi connectivity index (χ0v) is 7.62. The van der Waals surface area contributed by atoms with Gasteiger partial charge in [0.2, 0.25) is 6.33 Å². The van der Waals surface area contributed by atoms with E-state index in [-0.39, 0.29) is 5.91 Å². The zero-order chi connectivity index (χ0) is 9.10. The van der Waals surface area contributed by atoms with Gasteiger partial charge in [-0.25, -0.2) is 9.78 Å². The van der Waals surface area contributed by atoms with Gasteiger partial charge in [0, 0.05) is 4.88 Å². The maximum Gasteiger partial charge on any atom is 0.323 e. The van der Waals surface area contributed by atoms with E-state index in [1.807, 2.05) is 17.5 Å². The van der Waals surface area contributed by atoms with Gasteiger partial charge in [-0.1, -0.05) is 6.07 Å². The van der Waals surface area contributed by atoms with E-state index in [0.717, 1.165) is 4.88 Å². The first kappa shape index (κ1) is 8.19. The number of nitrogens with one attached hydrogen (secondary N) is 1. The van der Waals surface area contributed by atoms with Crippen molar-refractivity contribution >= 4 is 17.2 Å². The molecular weight excluding hydrogens is 184 g/mol. The number of rotatable bonds is 2. The molecule has 3 nitrogen and oxygen atoms in total. The average molecular weight is 192 g/mol. The van der Waals surface area contributed by atoms with Crippen molar-refractivity contribution in [3.63, 3.8) is 0 Å². The topological polar surface area (TPSA) is 36.1 Å². The highest BCUT2D eigenvalue weighted by Gasteiger charge is 2.11. The molecule has 1 radical (unpaired) electrons. The Kier molecular flexibility index (Phi) is 2.23. The largest absolute Gasteiger partial charge is 0.323 e. The van der Waals surface area contributed by atoms with Gasteiger partial charge in [0.05, 0.1) is 0 Å². The van der Waals surface area contributed by atoms with Crippen molar-refractivity contribution in [2.45, 2.75) is 0 Å². The highest BCUT2D eigenvalue weighted by molar-refractivity contribution is 7.10. The molecular formula is C9H8N2OS+. The summed E-state index contributed by atoms with van der Waals surface area (Å²) < 4.78 is 1.50. The van der Waals surface area contributed by atoms with Crippen LogP contribution < -0.4 is 4.98 Å². The molecule has 0 saturated carbocycles. The maximum absolute atomic E-state index is 11.5. The van der Waals surface area contributed by atoms with Gasteiger partial charge in [-0.15, -0.1) is 11.3 Å². The van der Waals surface area contributed by atoms with E-state index in [1.54, 1.807) is 36.5 Å². The van der Waals surface area contributed by atoms with Crippen LogP contribution in [0, 0.1) is 6.42 Å². The minimum Gasteiger partial charge on any atom is -0.250 e. The fraction of sp³-hybridized carbons (Fsp3) is 0. The van der Waals surface area contributed by atoms with Crippen molar-refractivity contribution in [2.24, 2.45) is 0 Å². The molecule has 0 unspecified atom stereocenters. The molecule has 65 valence electrons. The first-order chi connectivity index (χ1) is 6.36. The number of nitrogens with zero attached hydrogens (tertiary/aromatic N) is 1. The number of thiophene rings is 1. The number of carbonyl (C=O) groups is 1. The second-order valence-electron chi connectivity index (χ2n) is 2.52. The Bertz CT molecular complexity index is 378. The Balaban J connectivity index is 2.08. The van der Waals surface area contributed by atoms with E-state index in [9.17, 15) is 4.79 Å². The van der Waals surface area contributed by atoms with Crippen molar-refractivity contribution < 1.29 is 9.78 Å². The second-order valence-corrected chi connectivity index (χ2v) is 3.50. The summed E-state index contributed by atoms with van der Waals surface area (Å²) in [5.74, 6) is -0.0382. The molecule has 0 atom stereocenters. The third-order valence-corrected chi connectivity index (χ3v) is 2.43. The maximum atomic E-state index is 11.5. The lowest BCUT2D eigenvalue weighted by molar-refractivity contribution is -0.376. The number of aromatic nitrogens is 2. The van der Waals surface area contributed by atoms with Crippen LogP contribution >= 0.6 is 11.3 Å². The Morgan fingerprint density at radius 1 is 1.62 bits per heavy atom. The standard InChI is InChI=1S/C9H7N2OS/c12-9(11-4-3-10-7-11)6-8-2-1-5-13-8/h1-7H/p+1. The van der Waals surface area contributed by atoms with Gasteiger partial charge in [-0.3, -0.25) is 0 Å². The van der Waals surface area contributed by atoms with Gasteiger partial charge in [0.1, 0.15) is 18.8 Å². The SMILES string of the molecule is O=C([CH]c1cccs1)n1cc[nH+]c1. The van der Waals surface area contributed by atoms with Gasteiger partial charge >= 0.3 is 5.91 Å². The van der Waals surface area contributed by atoms with Crippen molar-refractivity contribution in [1.82, 2.24) is 4.57 Å². The van der Waals surface area contributed by atoms with Crippen LogP contribution in [0.4, 0.5) is 0 Å². The van der Waals surface area contributed by atoms with E-state index in [0.29, 0.717) is 0 Å². The number of hydrogen-bond donors (Lipinski definition) is 0. The normalized spacial score (nSPS) is 10.2. The molecule has 2 heterocycles. The van der Waals surface area contributed by atoms with E-state index in [4.69, 9.17) is 0 Å². The van der Waals surface area contributed by atoms with Crippen LogP contribution in [0.25, 0.3) is 0 Å². The molecule has 0 aliphatic carbocycles. The minimum atomic E-state index is -0.0382. The summed E-state index contributed by atoms with van der Waals surface area (Å²) in [5, 5.41) is 1.95. The lowest BCUT2D eigenvalue weighted by atomic mass is 10.3. The van der Waals surface area contributed by atoms with E-state index >= 15 is 0 Å². The minimum absolute atomic E-state index is 0.0382. The number of carbonyl (C=O) groups excluding carboxylic acids is 1. The summed E-state index contributed by atoms with van der Waals surface area (Å²) in [7, 11) is 0. The molecule has 2 rings (SSSR count). The zero-order valence-electron chi connectivity index (χ0n) is 6.81. The number of H-pyrrole nitrogens is 1. The first-order valence-corrected chi connectivity index (χ1v) is 4.71. The molecule has 0 spiro atoms. The Hall–Kier alpha value is -1.42. The van der Waals surface area contributed by atoms with Gasteiger partial charge in [0.15, 0.2) is 0 Å². The third-order valence-electron chi connectivity index (χ3n) is 1.61. The first-order valence-electron chi connectivity index (χ1n) is 3.83. The van der Waals surface area contributed by atoms with Gasteiger partial charge < -0.3 is 0 Å². The predicted molar refractivity (Wildman–Crippen MR) is 49.3 cm³/mol. The second kappa shape index (κ2) is 3.53. The smallest absolute Gasteiger partial charge is 0.250 e. The molecule has 13 heavy (non-hydrogen) atoms. The average Bonchev–Trinajstić information content (AvgIpc) is 2.74. The molecule has 2 aromatic rings. The predicted octanol–water partition coefficient (Wildman–Crippen LogP) is 1.26. The van der Waals surface area contributed by atoms with Gasteiger partial charge in [-0.2, -0.15) is 4.57 Å². The summed E-state index contributed by atoms with van der Waals surface area (Å²) in [6.07, 6.45) is 6.62. The Morgan fingerprint density at radius 2 is 2.54 bits per heavy atom. The van der Waals surface area contributed by atoms with Crippen molar-refractivity contribution in [1.29, 1.82) is 0 Å². The van der Waals surface area contributed by atoms with Crippen LogP contribution in [0.1, 0.15) is 9.67 Å². The Morgan fingerprint density at radius 3 is 3.15 bits per heavy atom. The molecule has 0 fully saturated rings. The van der Waals surface area contributed by atoms with E-state index < -0.39 is 0 Å². The highest BCUT2D eigenvalue weighted by Crippen LogP contribution is 2.11. The van der Waals surface area contributed by atoms with E-state index in [1.165, 1.54) is 4.57 Å². The van der Waals surface area contributed by atoms with Crippen molar-refractivity contribution in [3.8, 4) is 0 Å². The number of aromatic amines is 1. The van der Waals surface area contributed by atoms with Crippen LogP contribution in [0.2, 0.25) is 0 Å². The monoisotopic (exact) mass is 192 g/mol. The quantitative estimate of drug-likeness (QED) is 0.705. The number of imidazole rings is 1. The summed E-state index contributed by atoms with van der Waals surface area (Å²) >= 11 is 1.55. The fourth-order valence-corrected chi connectivity index (χ4v) is 1.64. The summed E-state index contributed by atoms with van der Waals surface area (Å²) in [6, 6.07) is 3.83. The van der Waals surface area contributed by atoms with Crippen LogP contribution in [-0.4, -0.2) is 10.5 Å². The summed E-state index contributed by atoms with van der Waals surface area (Å²) in [5.41, 5.74) is 0. The lowest BCUT2D eigenvalue weighted by Gasteiger charge is -1.90. The highest BCUT2D eigenvalue weighted by atomic mass is 32.1. The lowest BCUT2D eigenvalue weighted by Crippen LogP contribution is -2.10. The molecule has 0 bridgehead atoms. The van der Waals surface area contributed by atoms with E-state index in [2.05, 4.69) is 4.98 Å². The molecule has 2 aromatic heterocycles. The molecule has 0 aromatic carbocycles. The van der Waals surface area contributed by atoms with Gasteiger partial charge in [-0.05, 0) is 11.4 Å². The molecule has 0 amide bonds. The van der Waals surface area contributed by atoms with Crippen LogP contribution in [0.5, 0.6) is 0 Å². The number of hydrogen-bond acceptors (Lipinski definition) is 2. The molecule has 0 aliphatic rings. The Labute approximate surface area is 79.7 Å². The summed E-state index contributed by atoms with van der Waals surface area (Å²) in [6.45, 7) is 0. The fourth-order valence-electron chi connectivity index (χ4n) is 0.996.